The van der Waals surface area contributed by atoms with Crippen LogP contribution in [0.25, 0.3) is 20.5 Å². The van der Waals surface area contributed by atoms with Gasteiger partial charge in [-0.15, -0.1) is 11.3 Å². The molecule has 0 saturated heterocycles. The van der Waals surface area contributed by atoms with E-state index in [-0.39, 0.29) is 42.8 Å². The number of aromatic hydroxyl groups is 1. The summed E-state index contributed by atoms with van der Waals surface area (Å²) in [5.41, 5.74) is 2.30. The molecule has 1 saturated carbocycles. The Morgan fingerprint density at radius 3 is 2.39 bits per heavy atom. The molecule has 11 heteroatoms. The third kappa shape index (κ3) is 7.19. The molecule has 1 atom stereocenters. The van der Waals surface area contributed by atoms with E-state index >= 15 is 0 Å². The van der Waals surface area contributed by atoms with E-state index in [9.17, 15) is 19.5 Å². The van der Waals surface area contributed by atoms with E-state index in [1.165, 1.54) is 0 Å². The lowest BCUT2D eigenvalue weighted by Gasteiger charge is -2.29. The largest absolute Gasteiger partial charge is 0.508 e. The number of benzene rings is 4. The van der Waals surface area contributed by atoms with Crippen LogP contribution in [0.5, 0.6) is 28.7 Å². The summed E-state index contributed by atoms with van der Waals surface area (Å²) in [6.45, 7) is 1.59. The van der Waals surface area contributed by atoms with Gasteiger partial charge < -0.3 is 29.0 Å². The predicted octanol–water partition coefficient (Wildman–Crippen LogP) is 7.95. The highest BCUT2D eigenvalue weighted by molar-refractivity contribution is 9.10. The van der Waals surface area contributed by atoms with Crippen molar-refractivity contribution in [2.45, 2.75) is 31.8 Å². The van der Waals surface area contributed by atoms with Gasteiger partial charge in [-0.25, -0.2) is 0 Å². The predicted molar refractivity (Wildman–Crippen MR) is 189 cm³/mol. The molecule has 1 N–H and O–H groups in total. The van der Waals surface area contributed by atoms with E-state index in [1.807, 2.05) is 60.7 Å². The Kier molecular flexibility index (Phi) is 9.65. The first kappa shape index (κ1) is 32.8. The molecule has 2 heterocycles. The Balaban J connectivity index is 0.886. The van der Waals surface area contributed by atoms with E-state index in [4.69, 9.17) is 18.9 Å². The number of fused-ring (bicyclic) bond motifs is 2. The zero-order valence-electron chi connectivity index (χ0n) is 26.4. The number of ketones is 2. The van der Waals surface area contributed by atoms with Crippen LogP contribution in [0.2, 0.25) is 0 Å². The fourth-order valence-corrected chi connectivity index (χ4v) is 7.54. The summed E-state index contributed by atoms with van der Waals surface area (Å²) in [5.74, 6) is 2.40. The lowest BCUT2D eigenvalue weighted by atomic mass is 9.92. The maximum atomic E-state index is 13.0. The number of thiophene rings is 1. The number of hydrogen-bond acceptors (Lipinski definition) is 9. The summed E-state index contributed by atoms with van der Waals surface area (Å²) in [6.07, 6.45) is 0.578. The fourth-order valence-electron chi connectivity index (χ4n) is 6.11. The molecular weight excluding hydrogens is 710 g/mol. The lowest BCUT2D eigenvalue weighted by molar-refractivity contribution is -0.133. The minimum absolute atomic E-state index is 0.0681. The standard InChI is InChI=1S/C38H32BrNO8S/c39-24-6-4-23(5-7-24)37-36(30-14-8-26(42)21-35(30)49-37)48-28-12-10-27(11-13-28)46-18-16-45-17-19-47-34-3-1-2-29-31(34)22-40(38(29)44)32-15-9-25(41)20-33(32)43/h1-8,10-14,21,32,42H,9,15-20,22H2. The molecule has 1 amide bonds. The molecule has 1 aromatic heterocycles. The smallest absolute Gasteiger partial charge is 0.255 e. The number of amides is 1. The zero-order chi connectivity index (χ0) is 33.9. The molecule has 1 aliphatic heterocycles. The van der Waals surface area contributed by atoms with Crippen molar-refractivity contribution in [3.05, 3.63) is 101 Å². The maximum Gasteiger partial charge on any atom is 0.255 e. The van der Waals surface area contributed by atoms with Crippen molar-refractivity contribution in [3.8, 4) is 39.2 Å². The van der Waals surface area contributed by atoms with Crippen molar-refractivity contribution in [2.75, 3.05) is 26.4 Å². The Morgan fingerprint density at radius 2 is 1.61 bits per heavy atom. The Hall–Kier alpha value is -4.71. The van der Waals surface area contributed by atoms with Crippen LogP contribution >= 0.6 is 27.3 Å². The summed E-state index contributed by atoms with van der Waals surface area (Å²) >= 11 is 5.06. The van der Waals surface area contributed by atoms with Gasteiger partial charge in [0.1, 0.15) is 42.0 Å². The van der Waals surface area contributed by atoms with Gasteiger partial charge in [0.05, 0.1) is 37.1 Å². The van der Waals surface area contributed by atoms with Crippen molar-refractivity contribution in [1.29, 1.82) is 0 Å². The van der Waals surface area contributed by atoms with Gasteiger partial charge in [-0.1, -0.05) is 34.1 Å². The van der Waals surface area contributed by atoms with Crippen molar-refractivity contribution >= 4 is 54.8 Å². The summed E-state index contributed by atoms with van der Waals surface area (Å²) in [4.78, 5) is 39.7. The van der Waals surface area contributed by atoms with Crippen LogP contribution in [0.15, 0.2) is 89.4 Å². The number of carbonyl (C=O) groups is 3. The summed E-state index contributed by atoms with van der Waals surface area (Å²) in [6, 6.07) is 25.5. The summed E-state index contributed by atoms with van der Waals surface area (Å²) in [5, 5.41) is 11.0. The van der Waals surface area contributed by atoms with Gasteiger partial charge in [-0.05, 0) is 78.7 Å². The number of ether oxygens (including phenoxy) is 4. The van der Waals surface area contributed by atoms with E-state index in [0.717, 1.165) is 36.3 Å². The fraction of sp³-hybridized carbons (Fsp3) is 0.237. The number of hydrogen-bond donors (Lipinski definition) is 1. The molecular formula is C38H32BrNO8S. The SMILES string of the molecule is O=C1CCC(N2Cc3c(OCCOCCOc4ccc(Oc5c(-c6ccc(Br)cc6)sc6cc(O)ccc56)cc4)cccc3C2=O)C(=O)C1. The lowest BCUT2D eigenvalue weighted by Crippen LogP contribution is -2.44. The second-order valence-electron chi connectivity index (χ2n) is 11.8. The van der Waals surface area contributed by atoms with E-state index < -0.39 is 6.04 Å². The average molecular weight is 743 g/mol. The van der Waals surface area contributed by atoms with Gasteiger partial charge in [-0.3, -0.25) is 14.4 Å². The first-order valence-corrected chi connectivity index (χ1v) is 17.5. The molecule has 7 rings (SSSR count). The molecule has 5 aromatic rings. The van der Waals surface area contributed by atoms with Crippen LogP contribution in [0.4, 0.5) is 0 Å². The molecule has 49 heavy (non-hydrogen) atoms. The minimum Gasteiger partial charge on any atom is -0.508 e. The highest BCUT2D eigenvalue weighted by Gasteiger charge is 2.40. The molecule has 1 unspecified atom stereocenters. The highest BCUT2D eigenvalue weighted by Crippen LogP contribution is 2.47. The Morgan fingerprint density at radius 1 is 0.857 bits per heavy atom. The van der Waals surface area contributed by atoms with Crippen LogP contribution in [0.1, 0.15) is 35.2 Å². The van der Waals surface area contributed by atoms with Gasteiger partial charge in [0.25, 0.3) is 5.91 Å². The molecule has 0 radical (unpaired) electrons. The molecule has 0 bridgehead atoms. The maximum absolute atomic E-state index is 13.0. The van der Waals surface area contributed by atoms with E-state index in [2.05, 4.69) is 15.9 Å². The number of nitrogens with zero attached hydrogens (tertiary/aromatic N) is 1. The highest BCUT2D eigenvalue weighted by atomic mass is 79.9. The third-order valence-electron chi connectivity index (χ3n) is 8.53. The Labute approximate surface area is 295 Å². The van der Waals surface area contributed by atoms with E-state index in [1.54, 1.807) is 40.5 Å². The normalized spacial score (nSPS) is 15.9. The van der Waals surface area contributed by atoms with Crippen LogP contribution in [-0.2, 0) is 20.9 Å². The van der Waals surface area contributed by atoms with Crippen molar-refractivity contribution in [2.24, 2.45) is 0 Å². The second-order valence-corrected chi connectivity index (χ2v) is 13.7. The monoisotopic (exact) mass is 741 g/mol. The second kappa shape index (κ2) is 14.4. The summed E-state index contributed by atoms with van der Waals surface area (Å²) in [7, 11) is 0. The number of carbonyl (C=O) groups excluding carboxylic acids is 3. The van der Waals surface area contributed by atoms with Gasteiger partial charge in [0.2, 0.25) is 0 Å². The van der Waals surface area contributed by atoms with Gasteiger partial charge >= 0.3 is 0 Å². The molecule has 9 nitrogen and oxygen atoms in total. The van der Waals surface area contributed by atoms with Crippen molar-refractivity contribution in [3.63, 3.8) is 0 Å². The number of halogens is 1. The minimum atomic E-state index is -0.564. The van der Waals surface area contributed by atoms with E-state index in [0.29, 0.717) is 55.5 Å². The van der Waals surface area contributed by atoms with Crippen molar-refractivity contribution in [1.82, 2.24) is 4.90 Å². The number of Topliss-reactive ketones (excluding diaryl/α,β-unsaturated/α-hetero) is 2. The van der Waals surface area contributed by atoms with Crippen LogP contribution in [-0.4, -0.2) is 59.9 Å². The first-order chi connectivity index (χ1) is 23.8. The molecule has 1 aliphatic carbocycles. The first-order valence-electron chi connectivity index (χ1n) is 15.9. The third-order valence-corrected chi connectivity index (χ3v) is 10.2. The number of phenolic OH excluding ortho intramolecular Hbond substituents is 1. The quantitative estimate of drug-likeness (QED) is 0.101. The van der Waals surface area contributed by atoms with Gasteiger partial charge in [0.15, 0.2) is 11.5 Å². The van der Waals surface area contributed by atoms with Gasteiger partial charge in [0, 0.05) is 32.1 Å². The number of phenols is 1. The topological polar surface area (TPSA) is 112 Å². The van der Waals surface area contributed by atoms with Crippen LogP contribution in [0.3, 0.4) is 0 Å². The van der Waals surface area contributed by atoms with Crippen molar-refractivity contribution < 1.29 is 38.4 Å². The molecule has 250 valence electrons. The molecule has 1 fully saturated rings. The molecule has 0 spiro atoms. The average Bonchev–Trinajstić information content (AvgIpc) is 3.62. The molecule has 2 aliphatic rings. The number of rotatable bonds is 12. The van der Waals surface area contributed by atoms with Crippen LogP contribution < -0.4 is 14.2 Å². The summed E-state index contributed by atoms with van der Waals surface area (Å²) < 4.78 is 25.9. The molecule has 4 aromatic carbocycles. The Bertz CT molecular complexity index is 2020. The van der Waals surface area contributed by atoms with Crippen LogP contribution in [0, 0.1) is 0 Å². The zero-order valence-corrected chi connectivity index (χ0v) is 28.8. The van der Waals surface area contributed by atoms with Gasteiger partial charge in [-0.2, -0.15) is 0 Å².